The van der Waals surface area contributed by atoms with Crippen molar-refractivity contribution < 1.29 is 28.6 Å². The third-order valence-electron chi connectivity index (χ3n) is 6.41. The van der Waals surface area contributed by atoms with Crippen molar-refractivity contribution in [2.45, 2.75) is 111 Å². The lowest BCUT2D eigenvalue weighted by Gasteiger charge is -2.31. The van der Waals surface area contributed by atoms with Gasteiger partial charge in [0.2, 0.25) is 0 Å². The molecule has 8 heteroatoms. The largest absolute Gasteiger partial charge is 0.426 e. The zero-order valence-corrected chi connectivity index (χ0v) is 26.3. The van der Waals surface area contributed by atoms with E-state index in [4.69, 9.17) is 9.05 Å². The molecule has 4 N–H and O–H groups in total. The highest BCUT2D eigenvalue weighted by Crippen LogP contribution is 2.47. The molecular weight excluding hydrogens is 506 g/mol. The summed E-state index contributed by atoms with van der Waals surface area (Å²) in [5, 5.41) is 0. The van der Waals surface area contributed by atoms with E-state index in [1.807, 2.05) is 0 Å². The van der Waals surface area contributed by atoms with Crippen molar-refractivity contribution in [3.05, 3.63) is 57.6 Å². The summed E-state index contributed by atoms with van der Waals surface area (Å²) >= 11 is 0. The molecule has 0 spiro atoms. The highest BCUT2D eigenvalue weighted by Gasteiger charge is 2.31. The van der Waals surface area contributed by atoms with Crippen molar-refractivity contribution in [1.29, 1.82) is 0 Å². The van der Waals surface area contributed by atoms with Gasteiger partial charge in [-0.2, -0.15) is 0 Å². The molecule has 0 fully saturated rings. The standard InChI is InChI=1S/C29H46O6P2/c1-26(2,3)20-14-18(24(34-36(30)31)22(16-20)28(7,8)9)13-19-15-21(27(4,5)6)17-23(29(10,11)12)25(19)35-37(32)33/h14-17,30-33H,13H2,1-12H3. The average molecular weight is 553 g/mol. The lowest BCUT2D eigenvalue weighted by Crippen LogP contribution is -2.20. The first-order chi connectivity index (χ1) is 16.5. The van der Waals surface area contributed by atoms with Gasteiger partial charge in [-0.3, -0.25) is 0 Å². The summed E-state index contributed by atoms with van der Waals surface area (Å²) in [7, 11) is -5.30. The van der Waals surface area contributed by atoms with Gasteiger partial charge in [0.1, 0.15) is 11.5 Å². The highest BCUT2D eigenvalue weighted by atomic mass is 31.2. The van der Waals surface area contributed by atoms with E-state index in [0.717, 1.165) is 33.4 Å². The van der Waals surface area contributed by atoms with Gasteiger partial charge >= 0.3 is 17.2 Å². The van der Waals surface area contributed by atoms with Crippen molar-refractivity contribution >= 4 is 17.2 Å². The fraction of sp³-hybridized carbons (Fsp3) is 0.586. The predicted molar refractivity (Wildman–Crippen MR) is 154 cm³/mol. The van der Waals surface area contributed by atoms with Gasteiger partial charge in [-0.15, -0.1) is 0 Å². The van der Waals surface area contributed by atoms with Gasteiger partial charge in [-0.1, -0.05) is 107 Å². The molecule has 6 nitrogen and oxygen atoms in total. The van der Waals surface area contributed by atoms with Crippen LogP contribution in [0.5, 0.6) is 11.5 Å². The van der Waals surface area contributed by atoms with Gasteiger partial charge < -0.3 is 28.6 Å². The quantitative estimate of drug-likeness (QED) is 0.275. The summed E-state index contributed by atoms with van der Waals surface area (Å²) in [6.45, 7) is 25.3. The molecule has 0 unspecified atom stereocenters. The van der Waals surface area contributed by atoms with Gasteiger partial charge in [-0.05, 0) is 43.9 Å². The maximum absolute atomic E-state index is 9.90. The minimum Gasteiger partial charge on any atom is -0.426 e. The molecule has 208 valence electrons. The first-order valence-electron chi connectivity index (χ1n) is 12.6. The third kappa shape index (κ3) is 8.36. The van der Waals surface area contributed by atoms with Crippen LogP contribution < -0.4 is 9.05 Å². The monoisotopic (exact) mass is 552 g/mol. The van der Waals surface area contributed by atoms with Crippen LogP contribution in [-0.2, 0) is 28.1 Å². The molecule has 2 aromatic carbocycles. The smallest absolute Gasteiger partial charge is 0.391 e. The maximum Gasteiger partial charge on any atom is 0.391 e. The number of hydrogen-bond acceptors (Lipinski definition) is 6. The van der Waals surface area contributed by atoms with Crippen LogP contribution in [0.3, 0.4) is 0 Å². The van der Waals surface area contributed by atoms with Gasteiger partial charge in [0, 0.05) is 17.5 Å². The zero-order chi connectivity index (χ0) is 28.7. The van der Waals surface area contributed by atoms with E-state index in [-0.39, 0.29) is 21.7 Å². The molecule has 0 aliphatic heterocycles. The maximum atomic E-state index is 9.90. The highest BCUT2D eigenvalue weighted by molar-refractivity contribution is 7.40. The van der Waals surface area contributed by atoms with Crippen molar-refractivity contribution in [2.24, 2.45) is 0 Å². The molecule has 2 rings (SSSR count). The van der Waals surface area contributed by atoms with Crippen LogP contribution in [0.1, 0.15) is 116 Å². The van der Waals surface area contributed by atoms with Gasteiger partial charge in [0.15, 0.2) is 0 Å². The normalized spacial score (nSPS) is 13.5. The molecule has 37 heavy (non-hydrogen) atoms. The molecule has 0 aromatic heterocycles. The van der Waals surface area contributed by atoms with Gasteiger partial charge in [0.05, 0.1) is 0 Å². The molecule has 0 saturated heterocycles. The zero-order valence-electron chi connectivity index (χ0n) is 24.5. The Bertz CT molecular complexity index is 1010. The van der Waals surface area contributed by atoms with Crippen LogP contribution in [0.4, 0.5) is 0 Å². The number of benzene rings is 2. The third-order valence-corrected chi connectivity index (χ3v) is 7.10. The lowest BCUT2D eigenvalue weighted by atomic mass is 9.76. The minimum atomic E-state index is -2.65. The molecule has 0 bridgehead atoms. The van der Waals surface area contributed by atoms with Crippen LogP contribution in [0.25, 0.3) is 0 Å². The Balaban J connectivity index is 2.99. The molecule has 0 heterocycles. The molecule has 2 aromatic rings. The fourth-order valence-corrected chi connectivity index (χ4v) is 4.96. The fourth-order valence-electron chi connectivity index (χ4n) is 4.20. The van der Waals surface area contributed by atoms with Crippen molar-refractivity contribution in [3.8, 4) is 11.5 Å². The Morgan fingerprint density at radius 1 is 0.514 bits per heavy atom. The number of rotatable bonds is 6. The second-order valence-corrected chi connectivity index (χ2v) is 15.3. The van der Waals surface area contributed by atoms with Crippen molar-refractivity contribution in [2.75, 3.05) is 0 Å². The van der Waals surface area contributed by atoms with Crippen LogP contribution >= 0.6 is 17.2 Å². The van der Waals surface area contributed by atoms with Crippen molar-refractivity contribution in [1.82, 2.24) is 0 Å². The Kier molecular flexibility index (Phi) is 9.57. The van der Waals surface area contributed by atoms with E-state index in [9.17, 15) is 19.6 Å². The Morgan fingerprint density at radius 2 is 0.811 bits per heavy atom. The van der Waals surface area contributed by atoms with Gasteiger partial charge in [0.25, 0.3) is 0 Å². The van der Waals surface area contributed by atoms with E-state index in [2.05, 4.69) is 107 Å². The first kappa shape index (κ1) is 32.0. The van der Waals surface area contributed by atoms with Gasteiger partial charge in [-0.25, -0.2) is 0 Å². The molecule has 0 atom stereocenters. The Morgan fingerprint density at radius 3 is 1.03 bits per heavy atom. The first-order valence-corrected chi connectivity index (χ1v) is 14.9. The lowest BCUT2D eigenvalue weighted by molar-refractivity contribution is 0.367. The minimum absolute atomic E-state index is 0.163. The Hall–Kier alpha value is -1.26. The summed E-state index contributed by atoms with van der Waals surface area (Å²) in [6.07, 6.45) is 0.344. The molecule has 0 aliphatic carbocycles. The van der Waals surface area contributed by atoms with Crippen LogP contribution in [0.2, 0.25) is 0 Å². The Labute approximate surface area is 226 Å². The van der Waals surface area contributed by atoms with Crippen molar-refractivity contribution in [3.63, 3.8) is 0 Å². The summed E-state index contributed by atoms with van der Waals surface area (Å²) < 4.78 is 11.4. The second kappa shape index (κ2) is 11.1. The predicted octanol–water partition coefficient (Wildman–Crippen LogP) is 7.65. The van der Waals surface area contributed by atoms with Crippen LogP contribution in [-0.4, -0.2) is 19.6 Å². The van der Waals surface area contributed by atoms with E-state index in [1.165, 1.54) is 0 Å². The molecule has 0 radical (unpaired) electrons. The number of hydrogen-bond donors (Lipinski definition) is 4. The SMILES string of the molecule is CC(C)(C)c1cc(Cc2cc(C(C)(C)C)cc(C(C)(C)C)c2OP(O)O)c(OP(O)O)c(C(C)(C)C)c1. The topological polar surface area (TPSA) is 99.4 Å². The summed E-state index contributed by atoms with van der Waals surface area (Å²) in [5.41, 5.74) is 4.52. The average Bonchev–Trinajstić information content (AvgIpc) is 2.65. The van der Waals surface area contributed by atoms with E-state index < -0.39 is 17.2 Å². The van der Waals surface area contributed by atoms with Crippen LogP contribution in [0.15, 0.2) is 24.3 Å². The van der Waals surface area contributed by atoms with E-state index in [0.29, 0.717) is 17.9 Å². The molecule has 0 aliphatic rings. The second-order valence-electron chi connectivity index (χ2n) is 13.9. The molecule has 0 saturated carbocycles. The van der Waals surface area contributed by atoms with E-state index >= 15 is 0 Å². The summed E-state index contributed by atoms with van der Waals surface area (Å²) in [4.78, 5) is 39.6. The van der Waals surface area contributed by atoms with E-state index in [1.54, 1.807) is 0 Å². The molecular formula is C29H46O6P2. The molecule has 0 amide bonds. The summed E-state index contributed by atoms with van der Waals surface area (Å²) in [5.74, 6) is 0.882. The summed E-state index contributed by atoms with van der Waals surface area (Å²) in [6, 6.07) is 8.27. The van der Waals surface area contributed by atoms with Crippen LogP contribution in [0, 0.1) is 0 Å².